The summed E-state index contributed by atoms with van der Waals surface area (Å²) in [6.45, 7) is 0. The number of nitrogens with two attached hydrogens (primary N) is 1. The summed E-state index contributed by atoms with van der Waals surface area (Å²) in [6.07, 6.45) is -4.40. The molecule has 0 aromatic heterocycles. The Morgan fingerprint density at radius 1 is 1.00 bits per heavy atom. The summed E-state index contributed by atoms with van der Waals surface area (Å²) in [6, 6.07) is 9.09. The van der Waals surface area contributed by atoms with Crippen molar-refractivity contribution in [2.75, 3.05) is 5.73 Å². The molecule has 102 valence electrons. The maximum absolute atomic E-state index is 12.6. The first-order valence-corrected chi connectivity index (χ1v) is 5.14. The molecule has 0 aliphatic carbocycles. The molecule has 0 aliphatic heterocycles. The highest BCUT2D eigenvalue weighted by Crippen LogP contribution is 2.35. The van der Waals surface area contributed by atoms with Crippen molar-refractivity contribution in [2.45, 2.75) is 6.18 Å². The Labute approximate surface area is 114 Å². The summed E-state index contributed by atoms with van der Waals surface area (Å²) in [7, 11) is 0. The monoisotopic (exact) mass is 289 g/mol. The lowest BCUT2D eigenvalue weighted by Crippen LogP contribution is -2.04. The summed E-state index contributed by atoms with van der Waals surface area (Å²) in [5.74, 6) is -0.144. The minimum absolute atomic E-state index is 0. The first-order valence-electron chi connectivity index (χ1n) is 5.14. The molecule has 0 saturated heterocycles. The highest BCUT2D eigenvalue weighted by atomic mass is 35.5. The van der Waals surface area contributed by atoms with Gasteiger partial charge in [-0.1, -0.05) is 12.1 Å². The third-order valence-electron chi connectivity index (χ3n) is 2.52. The van der Waals surface area contributed by atoms with Gasteiger partial charge in [0.05, 0.1) is 5.56 Å². The van der Waals surface area contributed by atoms with Crippen molar-refractivity contribution >= 4 is 18.1 Å². The molecule has 0 unspecified atom stereocenters. The molecule has 2 nitrogen and oxygen atoms in total. The Morgan fingerprint density at radius 2 is 1.68 bits per heavy atom. The standard InChI is InChI=1S/C13H10F3NO.ClH/c14-13(15,16)9-3-1-2-8(6-9)11-5-4-10(17)7-12(11)18;/h1-7,18H,17H2;1H. The van der Waals surface area contributed by atoms with Crippen molar-refractivity contribution in [1.82, 2.24) is 0 Å². The zero-order chi connectivity index (χ0) is 13.3. The van der Waals surface area contributed by atoms with Gasteiger partial charge in [-0.05, 0) is 29.8 Å². The van der Waals surface area contributed by atoms with Crippen LogP contribution in [0.1, 0.15) is 5.56 Å². The number of hydrogen-bond acceptors (Lipinski definition) is 2. The van der Waals surface area contributed by atoms with Crippen LogP contribution in [0, 0.1) is 0 Å². The first-order chi connectivity index (χ1) is 8.38. The molecule has 3 N–H and O–H groups in total. The summed E-state index contributed by atoms with van der Waals surface area (Å²) in [4.78, 5) is 0. The van der Waals surface area contributed by atoms with Crippen molar-refractivity contribution in [3.63, 3.8) is 0 Å². The fourth-order valence-corrected chi connectivity index (χ4v) is 1.66. The topological polar surface area (TPSA) is 46.2 Å². The van der Waals surface area contributed by atoms with E-state index >= 15 is 0 Å². The minimum Gasteiger partial charge on any atom is -0.507 e. The molecule has 0 aliphatic rings. The predicted octanol–water partition coefficient (Wildman–Crippen LogP) is 4.08. The molecule has 2 aromatic rings. The van der Waals surface area contributed by atoms with Gasteiger partial charge in [0.1, 0.15) is 5.75 Å². The Hall–Kier alpha value is -1.88. The van der Waals surface area contributed by atoms with Crippen LogP contribution in [-0.2, 0) is 6.18 Å². The maximum atomic E-state index is 12.6. The fourth-order valence-electron chi connectivity index (χ4n) is 1.66. The van der Waals surface area contributed by atoms with E-state index in [1.807, 2.05) is 0 Å². The number of nitrogen functional groups attached to an aromatic ring is 1. The molecule has 2 rings (SSSR count). The van der Waals surface area contributed by atoms with E-state index < -0.39 is 11.7 Å². The zero-order valence-corrected chi connectivity index (χ0v) is 10.4. The summed E-state index contributed by atoms with van der Waals surface area (Å²) in [5.41, 5.74) is 5.67. The predicted molar refractivity (Wildman–Crippen MR) is 70.2 cm³/mol. The molecule has 0 fully saturated rings. The normalized spacial score (nSPS) is 10.9. The molecule has 0 saturated carbocycles. The van der Waals surface area contributed by atoms with Gasteiger partial charge in [0.15, 0.2) is 0 Å². The minimum atomic E-state index is -4.40. The second-order valence-corrected chi connectivity index (χ2v) is 3.86. The molecule has 6 heteroatoms. The van der Waals surface area contributed by atoms with Gasteiger partial charge >= 0.3 is 6.18 Å². The maximum Gasteiger partial charge on any atom is 0.416 e. The third-order valence-corrected chi connectivity index (χ3v) is 2.52. The summed E-state index contributed by atoms with van der Waals surface area (Å²) >= 11 is 0. The molecular formula is C13H11ClF3NO. The van der Waals surface area contributed by atoms with Crippen LogP contribution in [0.25, 0.3) is 11.1 Å². The Kier molecular flexibility index (Phi) is 4.32. The van der Waals surface area contributed by atoms with Gasteiger partial charge in [-0.2, -0.15) is 13.2 Å². The van der Waals surface area contributed by atoms with Crippen LogP contribution >= 0.6 is 12.4 Å². The second kappa shape index (κ2) is 5.40. The smallest absolute Gasteiger partial charge is 0.416 e. The number of rotatable bonds is 1. The number of alkyl halides is 3. The van der Waals surface area contributed by atoms with Crippen LogP contribution in [0.2, 0.25) is 0 Å². The van der Waals surface area contributed by atoms with Crippen LogP contribution in [0.15, 0.2) is 42.5 Å². The molecule has 0 bridgehead atoms. The van der Waals surface area contributed by atoms with Crippen molar-refractivity contribution < 1.29 is 18.3 Å². The molecule has 19 heavy (non-hydrogen) atoms. The Morgan fingerprint density at radius 3 is 2.26 bits per heavy atom. The van der Waals surface area contributed by atoms with Gasteiger partial charge < -0.3 is 10.8 Å². The highest BCUT2D eigenvalue weighted by molar-refractivity contribution is 5.85. The largest absolute Gasteiger partial charge is 0.507 e. The highest BCUT2D eigenvalue weighted by Gasteiger charge is 2.30. The van der Waals surface area contributed by atoms with E-state index in [0.29, 0.717) is 16.8 Å². The summed E-state index contributed by atoms with van der Waals surface area (Å²) < 4.78 is 37.7. The van der Waals surface area contributed by atoms with E-state index in [-0.39, 0.29) is 18.2 Å². The Balaban J connectivity index is 0.00000180. The first kappa shape index (κ1) is 15.2. The van der Waals surface area contributed by atoms with Gasteiger partial charge in [-0.3, -0.25) is 0 Å². The van der Waals surface area contributed by atoms with Gasteiger partial charge in [0, 0.05) is 17.3 Å². The van der Waals surface area contributed by atoms with Crippen molar-refractivity contribution in [1.29, 1.82) is 0 Å². The number of phenols is 1. The van der Waals surface area contributed by atoms with Crippen molar-refractivity contribution in [3.05, 3.63) is 48.0 Å². The van der Waals surface area contributed by atoms with Crippen LogP contribution < -0.4 is 5.73 Å². The molecule has 2 aromatic carbocycles. The molecule has 0 atom stereocenters. The zero-order valence-electron chi connectivity index (χ0n) is 9.61. The van der Waals surface area contributed by atoms with Crippen LogP contribution in [0.4, 0.5) is 18.9 Å². The number of aromatic hydroxyl groups is 1. The number of anilines is 1. The SMILES string of the molecule is Cl.Nc1ccc(-c2cccc(C(F)(F)F)c2)c(O)c1. The molecule has 0 amide bonds. The van der Waals surface area contributed by atoms with E-state index in [9.17, 15) is 18.3 Å². The van der Waals surface area contributed by atoms with E-state index in [1.54, 1.807) is 0 Å². The van der Waals surface area contributed by atoms with Crippen molar-refractivity contribution in [3.8, 4) is 16.9 Å². The van der Waals surface area contributed by atoms with E-state index in [1.165, 1.54) is 30.3 Å². The number of hydrogen-bond donors (Lipinski definition) is 2. The number of halogens is 4. The van der Waals surface area contributed by atoms with Gasteiger partial charge in [-0.25, -0.2) is 0 Å². The third kappa shape index (κ3) is 3.32. The van der Waals surface area contributed by atoms with Crippen molar-refractivity contribution in [2.24, 2.45) is 0 Å². The lowest BCUT2D eigenvalue weighted by atomic mass is 10.0. The van der Waals surface area contributed by atoms with E-state index in [4.69, 9.17) is 5.73 Å². The van der Waals surface area contributed by atoms with E-state index in [0.717, 1.165) is 12.1 Å². The van der Waals surface area contributed by atoms with Gasteiger partial charge in [0.2, 0.25) is 0 Å². The molecule has 0 heterocycles. The van der Waals surface area contributed by atoms with Gasteiger partial charge in [0.25, 0.3) is 0 Å². The average Bonchev–Trinajstić information content (AvgIpc) is 2.28. The van der Waals surface area contributed by atoms with Crippen LogP contribution in [0.5, 0.6) is 5.75 Å². The van der Waals surface area contributed by atoms with E-state index in [2.05, 4.69) is 0 Å². The molecule has 0 radical (unpaired) electrons. The molecular weight excluding hydrogens is 279 g/mol. The summed E-state index contributed by atoms with van der Waals surface area (Å²) in [5, 5.41) is 9.68. The van der Waals surface area contributed by atoms with Gasteiger partial charge in [-0.15, -0.1) is 12.4 Å². The molecule has 0 spiro atoms. The Bertz CT molecular complexity index is 584. The second-order valence-electron chi connectivity index (χ2n) is 3.86. The van der Waals surface area contributed by atoms with Crippen LogP contribution in [0.3, 0.4) is 0 Å². The lowest BCUT2D eigenvalue weighted by Gasteiger charge is -2.10. The number of benzene rings is 2. The quantitative estimate of drug-likeness (QED) is 0.777. The van der Waals surface area contributed by atoms with Crippen LogP contribution in [-0.4, -0.2) is 5.11 Å². The lowest BCUT2D eigenvalue weighted by molar-refractivity contribution is -0.137. The average molecular weight is 290 g/mol. The number of phenolic OH excluding ortho intramolecular Hbond substituents is 1. The fraction of sp³-hybridized carbons (Fsp3) is 0.0769.